The largest absolute Gasteiger partial charge is 0.348 e. The van der Waals surface area contributed by atoms with Crippen LogP contribution in [0, 0.1) is 5.92 Å². The van der Waals surface area contributed by atoms with Crippen LogP contribution in [0.4, 0.5) is 0 Å². The van der Waals surface area contributed by atoms with Crippen molar-refractivity contribution in [2.24, 2.45) is 5.92 Å². The normalized spacial score (nSPS) is 23.1. The molecule has 5 heteroatoms. The summed E-state index contributed by atoms with van der Waals surface area (Å²) in [6.45, 7) is 2.17. The second kappa shape index (κ2) is 6.58. The van der Waals surface area contributed by atoms with E-state index in [2.05, 4.69) is 17.2 Å². The highest BCUT2D eigenvalue weighted by Gasteiger charge is 2.26. The predicted octanol–water partition coefficient (Wildman–Crippen LogP) is 4.09. The second-order valence-corrected chi connectivity index (χ2v) is 5.79. The Morgan fingerprint density at radius 2 is 2.11 bits per heavy atom. The number of hydrogen-bond donors (Lipinski definition) is 1. The summed E-state index contributed by atoms with van der Waals surface area (Å²) < 4.78 is 0. The van der Waals surface area contributed by atoms with E-state index in [0.717, 1.165) is 19.3 Å². The van der Waals surface area contributed by atoms with Crippen molar-refractivity contribution in [1.82, 2.24) is 10.3 Å². The third-order valence-electron chi connectivity index (χ3n) is 3.78. The summed E-state index contributed by atoms with van der Waals surface area (Å²) in [5.74, 6) is 0.327. The van der Waals surface area contributed by atoms with Crippen LogP contribution in [0.2, 0.25) is 10.2 Å². The summed E-state index contributed by atoms with van der Waals surface area (Å²) >= 11 is 11.8. The monoisotopic (exact) mass is 300 g/mol. The zero-order valence-corrected chi connectivity index (χ0v) is 12.5. The fourth-order valence-electron chi connectivity index (χ4n) is 2.70. The van der Waals surface area contributed by atoms with Gasteiger partial charge < -0.3 is 5.32 Å². The number of rotatable bonds is 3. The average molecular weight is 301 g/mol. The molecule has 0 aromatic carbocycles. The zero-order chi connectivity index (χ0) is 13.8. The van der Waals surface area contributed by atoms with Gasteiger partial charge in [-0.2, -0.15) is 0 Å². The smallest absolute Gasteiger partial charge is 0.271 e. The van der Waals surface area contributed by atoms with E-state index < -0.39 is 0 Å². The summed E-state index contributed by atoms with van der Waals surface area (Å²) in [5.41, 5.74) is 0.217. The van der Waals surface area contributed by atoms with E-state index in [1.807, 2.05) is 0 Å². The molecule has 1 N–H and O–H groups in total. The van der Waals surface area contributed by atoms with Gasteiger partial charge in [0, 0.05) is 6.04 Å². The molecule has 0 aliphatic heterocycles. The van der Waals surface area contributed by atoms with E-state index in [9.17, 15) is 4.79 Å². The van der Waals surface area contributed by atoms with Crippen LogP contribution in [0.3, 0.4) is 0 Å². The van der Waals surface area contributed by atoms with Gasteiger partial charge in [0.05, 0.1) is 5.02 Å². The molecule has 1 saturated carbocycles. The van der Waals surface area contributed by atoms with Gasteiger partial charge in [-0.3, -0.25) is 4.79 Å². The number of nitrogens with one attached hydrogen (secondary N) is 1. The maximum atomic E-state index is 12.2. The molecule has 1 aromatic rings. The van der Waals surface area contributed by atoms with Gasteiger partial charge in [-0.05, 0) is 30.9 Å². The molecule has 1 amide bonds. The molecule has 1 aliphatic carbocycles. The van der Waals surface area contributed by atoms with Crippen molar-refractivity contribution in [2.45, 2.75) is 45.1 Å². The van der Waals surface area contributed by atoms with E-state index >= 15 is 0 Å². The summed E-state index contributed by atoms with van der Waals surface area (Å²) in [6, 6.07) is 3.41. The van der Waals surface area contributed by atoms with Gasteiger partial charge in [-0.1, -0.05) is 49.4 Å². The predicted molar refractivity (Wildman–Crippen MR) is 77.8 cm³/mol. The number of nitrogens with zero attached hydrogens (tertiary/aromatic N) is 1. The van der Waals surface area contributed by atoms with Crippen molar-refractivity contribution in [3.8, 4) is 0 Å². The number of carbonyl (C=O) groups excluding carboxylic acids is 1. The second-order valence-electron chi connectivity index (χ2n) is 5.00. The minimum absolute atomic E-state index is 0.217. The lowest BCUT2D eigenvalue weighted by Crippen LogP contribution is -2.42. The fraction of sp³-hybridized carbons (Fsp3) is 0.571. The molecule has 1 fully saturated rings. The first-order chi connectivity index (χ1) is 9.11. The topological polar surface area (TPSA) is 42.0 Å². The van der Waals surface area contributed by atoms with Crippen LogP contribution in [0.1, 0.15) is 49.5 Å². The lowest BCUT2D eigenvalue weighted by atomic mass is 9.83. The van der Waals surface area contributed by atoms with Crippen LogP contribution in [-0.2, 0) is 0 Å². The average Bonchev–Trinajstić information content (AvgIpc) is 2.42. The summed E-state index contributed by atoms with van der Waals surface area (Å²) in [5, 5.41) is 3.68. The number of hydrogen-bond acceptors (Lipinski definition) is 2. The minimum Gasteiger partial charge on any atom is -0.348 e. The van der Waals surface area contributed by atoms with Gasteiger partial charge in [0.1, 0.15) is 10.8 Å². The van der Waals surface area contributed by atoms with Crippen LogP contribution < -0.4 is 5.32 Å². The summed E-state index contributed by atoms with van der Waals surface area (Å²) in [4.78, 5) is 16.2. The Kier molecular flexibility index (Phi) is 5.06. The van der Waals surface area contributed by atoms with Crippen LogP contribution in [0.25, 0.3) is 0 Å². The number of halogens is 2. The Bertz CT molecular complexity index is 465. The molecule has 104 valence electrons. The Morgan fingerprint density at radius 3 is 2.84 bits per heavy atom. The third kappa shape index (κ3) is 3.61. The highest BCUT2D eigenvalue weighted by atomic mass is 35.5. The van der Waals surface area contributed by atoms with Gasteiger partial charge in [-0.25, -0.2) is 4.98 Å². The molecule has 0 bridgehead atoms. The van der Waals surface area contributed by atoms with Gasteiger partial charge >= 0.3 is 0 Å². The first-order valence-corrected chi connectivity index (χ1v) is 7.50. The Labute approximate surface area is 123 Å². The summed E-state index contributed by atoms with van der Waals surface area (Å²) in [7, 11) is 0. The molecule has 0 spiro atoms. The van der Waals surface area contributed by atoms with Crippen molar-refractivity contribution in [3.63, 3.8) is 0 Å². The van der Waals surface area contributed by atoms with Crippen LogP contribution in [0.5, 0.6) is 0 Å². The van der Waals surface area contributed by atoms with E-state index in [1.54, 1.807) is 12.1 Å². The first kappa shape index (κ1) is 14.6. The van der Waals surface area contributed by atoms with Crippen molar-refractivity contribution in [1.29, 1.82) is 0 Å². The van der Waals surface area contributed by atoms with Crippen molar-refractivity contribution >= 4 is 29.1 Å². The number of aromatic nitrogens is 1. The van der Waals surface area contributed by atoms with Gasteiger partial charge in [0.2, 0.25) is 0 Å². The minimum atomic E-state index is -0.224. The summed E-state index contributed by atoms with van der Waals surface area (Å²) in [6.07, 6.45) is 5.71. The molecule has 0 saturated heterocycles. The zero-order valence-electron chi connectivity index (χ0n) is 11.0. The Hall–Kier alpha value is -0.800. The molecule has 0 radical (unpaired) electrons. The van der Waals surface area contributed by atoms with E-state index in [0.29, 0.717) is 10.9 Å². The van der Waals surface area contributed by atoms with E-state index in [-0.39, 0.29) is 22.8 Å². The lowest BCUT2D eigenvalue weighted by molar-refractivity contribution is 0.0900. The Balaban J connectivity index is 2.09. The number of pyridine rings is 1. The van der Waals surface area contributed by atoms with Crippen molar-refractivity contribution < 1.29 is 4.79 Å². The van der Waals surface area contributed by atoms with Crippen molar-refractivity contribution in [3.05, 3.63) is 28.0 Å². The first-order valence-electron chi connectivity index (χ1n) is 6.74. The van der Waals surface area contributed by atoms with E-state index in [4.69, 9.17) is 23.2 Å². The molecule has 1 aliphatic rings. The van der Waals surface area contributed by atoms with Gasteiger partial charge in [0.15, 0.2) is 0 Å². The molecule has 2 unspecified atom stereocenters. The molecule has 19 heavy (non-hydrogen) atoms. The Morgan fingerprint density at radius 1 is 1.37 bits per heavy atom. The number of amides is 1. The van der Waals surface area contributed by atoms with Crippen LogP contribution >= 0.6 is 23.2 Å². The molecular weight excluding hydrogens is 283 g/mol. The molecule has 1 heterocycles. The van der Waals surface area contributed by atoms with Crippen molar-refractivity contribution in [2.75, 3.05) is 0 Å². The molecule has 3 nitrogen and oxygen atoms in total. The highest BCUT2D eigenvalue weighted by molar-refractivity contribution is 6.34. The molecule has 2 rings (SSSR count). The van der Waals surface area contributed by atoms with E-state index in [1.165, 1.54) is 12.8 Å². The molecular formula is C14H18Cl2N2O. The van der Waals surface area contributed by atoms with Gasteiger partial charge in [0.25, 0.3) is 5.91 Å². The standard InChI is InChI=1S/C14H18Cl2N2O/c1-2-9-5-3-4-6-11(9)17-14(19)13-10(15)7-8-12(16)18-13/h7-9,11H,2-6H2,1H3,(H,17,19). The maximum absolute atomic E-state index is 12.2. The lowest BCUT2D eigenvalue weighted by Gasteiger charge is -2.31. The van der Waals surface area contributed by atoms with Crippen LogP contribution in [-0.4, -0.2) is 16.9 Å². The SMILES string of the molecule is CCC1CCCCC1NC(=O)c1nc(Cl)ccc1Cl. The van der Waals surface area contributed by atoms with Crippen LogP contribution in [0.15, 0.2) is 12.1 Å². The molecule has 2 atom stereocenters. The van der Waals surface area contributed by atoms with Gasteiger partial charge in [-0.15, -0.1) is 0 Å². The quantitative estimate of drug-likeness (QED) is 0.854. The maximum Gasteiger partial charge on any atom is 0.271 e. The fourth-order valence-corrected chi connectivity index (χ4v) is 3.04. The highest BCUT2D eigenvalue weighted by Crippen LogP contribution is 2.27. The molecule has 1 aromatic heterocycles. The number of carbonyl (C=O) groups is 1. The third-order valence-corrected chi connectivity index (χ3v) is 4.29.